The summed E-state index contributed by atoms with van der Waals surface area (Å²) in [5, 5.41) is 8.44. The van der Waals surface area contributed by atoms with Crippen molar-refractivity contribution in [2.24, 2.45) is 0 Å². The highest BCUT2D eigenvalue weighted by Gasteiger charge is 2.14. The number of hydrogen-bond donors (Lipinski definition) is 2. The fraction of sp³-hybridized carbons (Fsp3) is 0.333. The number of nitrogens with zero attached hydrogens (tertiary/aromatic N) is 2. The van der Waals surface area contributed by atoms with Crippen LogP contribution in [0.3, 0.4) is 0 Å². The molecule has 7 heteroatoms. The fourth-order valence-corrected chi connectivity index (χ4v) is 4.77. The Morgan fingerprint density at radius 3 is 1.89 bits per heavy atom. The summed E-state index contributed by atoms with van der Waals surface area (Å²) in [6.07, 6.45) is 0. The maximum absolute atomic E-state index is 4.61. The van der Waals surface area contributed by atoms with Crippen LogP contribution in [0.1, 0.15) is 13.8 Å². The van der Waals surface area contributed by atoms with E-state index in [1.54, 1.807) is 22.7 Å². The Morgan fingerprint density at radius 2 is 1.47 bits per heavy atom. The lowest BCUT2D eigenvalue weighted by Crippen LogP contribution is -1.94. The molecule has 0 saturated carbocycles. The van der Waals surface area contributed by atoms with Gasteiger partial charge in [-0.25, -0.2) is 9.97 Å². The largest absolute Gasteiger partial charge is 0.362 e. The van der Waals surface area contributed by atoms with Gasteiger partial charge in [-0.1, -0.05) is 22.7 Å². The Morgan fingerprint density at radius 1 is 1.00 bits per heavy atom. The molecule has 19 heavy (non-hydrogen) atoms. The van der Waals surface area contributed by atoms with Crippen LogP contribution in [-0.4, -0.2) is 23.1 Å². The molecule has 3 rings (SSSR count). The van der Waals surface area contributed by atoms with Gasteiger partial charge >= 0.3 is 0 Å². The number of hydrogen-bond acceptors (Lipinski definition) is 6. The number of nitrogens with one attached hydrogen (secondary N) is 2. The highest BCUT2D eigenvalue weighted by Crippen LogP contribution is 2.39. The molecule has 1 aromatic carbocycles. The third-order valence-electron chi connectivity index (χ3n) is 2.64. The first kappa shape index (κ1) is 13.1. The highest BCUT2D eigenvalue weighted by atomic mass is 79.9. The summed E-state index contributed by atoms with van der Waals surface area (Å²) in [4.78, 5) is 9.22. The summed E-state index contributed by atoms with van der Waals surface area (Å²) in [6.45, 7) is 5.91. The fourth-order valence-electron chi connectivity index (χ4n) is 1.86. The smallest absolute Gasteiger partial charge is 0.183 e. The van der Waals surface area contributed by atoms with Crippen molar-refractivity contribution >= 4 is 69.3 Å². The third-order valence-corrected chi connectivity index (χ3v) is 5.31. The summed E-state index contributed by atoms with van der Waals surface area (Å²) in [5.41, 5.74) is 1.98. The molecule has 0 aliphatic heterocycles. The van der Waals surface area contributed by atoms with Gasteiger partial charge in [0.1, 0.15) is 11.0 Å². The Hall–Kier alpha value is -0.920. The van der Waals surface area contributed by atoms with Gasteiger partial charge in [0.2, 0.25) is 0 Å². The molecule has 0 unspecified atom stereocenters. The second-order valence-corrected chi connectivity index (χ2v) is 6.84. The molecule has 2 aromatic heterocycles. The van der Waals surface area contributed by atoms with Crippen LogP contribution in [0.25, 0.3) is 20.4 Å². The minimum Gasteiger partial charge on any atom is -0.362 e. The average molecular weight is 357 g/mol. The van der Waals surface area contributed by atoms with Gasteiger partial charge in [-0.3, -0.25) is 0 Å². The number of fused-ring (bicyclic) bond motifs is 2. The topological polar surface area (TPSA) is 49.8 Å². The van der Waals surface area contributed by atoms with Gasteiger partial charge in [-0.05, 0) is 35.8 Å². The van der Waals surface area contributed by atoms with E-state index < -0.39 is 0 Å². The molecule has 3 aromatic rings. The van der Waals surface area contributed by atoms with Crippen LogP contribution in [0.4, 0.5) is 10.3 Å². The van der Waals surface area contributed by atoms with Crippen molar-refractivity contribution in [1.29, 1.82) is 0 Å². The van der Waals surface area contributed by atoms with Gasteiger partial charge in [0, 0.05) is 13.1 Å². The van der Waals surface area contributed by atoms with Crippen molar-refractivity contribution in [3.8, 4) is 0 Å². The van der Waals surface area contributed by atoms with Gasteiger partial charge in [-0.2, -0.15) is 0 Å². The van der Waals surface area contributed by atoms with E-state index in [4.69, 9.17) is 0 Å². The lowest BCUT2D eigenvalue weighted by Gasteiger charge is -1.94. The van der Waals surface area contributed by atoms with E-state index in [2.05, 4.69) is 56.4 Å². The lowest BCUT2D eigenvalue weighted by molar-refractivity contribution is 1.20. The summed E-state index contributed by atoms with van der Waals surface area (Å²) in [7, 11) is 0. The van der Waals surface area contributed by atoms with E-state index in [0.29, 0.717) is 0 Å². The molecule has 0 atom stereocenters. The second-order valence-electron chi connectivity index (χ2n) is 3.98. The van der Waals surface area contributed by atoms with Crippen LogP contribution in [0.5, 0.6) is 0 Å². The van der Waals surface area contributed by atoms with E-state index in [1.165, 1.54) is 9.40 Å². The van der Waals surface area contributed by atoms with Crippen molar-refractivity contribution in [2.75, 3.05) is 23.7 Å². The van der Waals surface area contributed by atoms with Crippen molar-refractivity contribution in [1.82, 2.24) is 9.97 Å². The molecule has 4 nitrogen and oxygen atoms in total. The molecule has 0 amide bonds. The lowest BCUT2D eigenvalue weighted by atomic mass is 10.3. The minimum atomic E-state index is 0.884. The van der Waals surface area contributed by atoms with Gasteiger partial charge in [0.15, 0.2) is 10.3 Å². The maximum atomic E-state index is 4.61. The molecule has 0 bridgehead atoms. The zero-order valence-corrected chi connectivity index (χ0v) is 13.8. The van der Waals surface area contributed by atoms with E-state index in [9.17, 15) is 0 Å². The normalized spacial score (nSPS) is 11.3. The van der Waals surface area contributed by atoms with Crippen LogP contribution in [-0.2, 0) is 0 Å². The van der Waals surface area contributed by atoms with E-state index >= 15 is 0 Å². The first-order valence-electron chi connectivity index (χ1n) is 6.10. The monoisotopic (exact) mass is 356 g/mol. The Balaban J connectivity index is 2.19. The molecule has 2 heterocycles. The van der Waals surface area contributed by atoms with Crippen molar-refractivity contribution in [3.63, 3.8) is 0 Å². The molecule has 2 N–H and O–H groups in total. The van der Waals surface area contributed by atoms with Gasteiger partial charge in [0.25, 0.3) is 0 Å². The van der Waals surface area contributed by atoms with Crippen LogP contribution in [0.15, 0.2) is 10.5 Å². The zero-order valence-electron chi connectivity index (χ0n) is 10.6. The molecule has 0 spiro atoms. The molecular weight excluding hydrogens is 344 g/mol. The Kier molecular flexibility index (Phi) is 3.60. The molecule has 0 aliphatic rings. The molecule has 0 radical (unpaired) electrons. The molecule has 100 valence electrons. The number of thiazole rings is 2. The highest BCUT2D eigenvalue weighted by molar-refractivity contribution is 9.10. The summed E-state index contributed by atoms with van der Waals surface area (Å²) in [5.74, 6) is 0. The second kappa shape index (κ2) is 5.22. The van der Waals surface area contributed by atoms with Gasteiger partial charge in [-0.15, -0.1) is 0 Å². The van der Waals surface area contributed by atoms with Crippen molar-refractivity contribution in [2.45, 2.75) is 13.8 Å². The van der Waals surface area contributed by atoms with Crippen LogP contribution >= 0.6 is 38.6 Å². The predicted octanol–water partition coefficient (Wildman–Crippen LogP) is 4.53. The maximum Gasteiger partial charge on any atom is 0.183 e. The van der Waals surface area contributed by atoms with E-state index in [0.717, 1.165) is 38.9 Å². The standard InChI is InChI=1S/C12H13BrN4S2/c1-3-14-11-16-9-6(18-11)5-7-10(8(9)13)17-12(19-7)15-4-2/h5H,3-4H2,1-2H3,(H,14,16)(H,15,17). The first-order chi connectivity index (χ1) is 9.22. The SMILES string of the molecule is CCNc1nc2c(Br)c3nc(NCC)sc3cc2s1. The van der Waals surface area contributed by atoms with Gasteiger partial charge < -0.3 is 10.6 Å². The summed E-state index contributed by atoms with van der Waals surface area (Å²) < 4.78 is 3.35. The van der Waals surface area contributed by atoms with Crippen LogP contribution < -0.4 is 10.6 Å². The Bertz CT molecular complexity index is 675. The third kappa shape index (κ3) is 2.30. The van der Waals surface area contributed by atoms with Crippen molar-refractivity contribution < 1.29 is 0 Å². The molecule has 0 fully saturated rings. The number of halogens is 1. The number of anilines is 2. The van der Waals surface area contributed by atoms with E-state index in [1.807, 2.05) is 0 Å². The number of aromatic nitrogens is 2. The summed E-state index contributed by atoms with van der Waals surface area (Å²) >= 11 is 7.00. The van der Waals surface area contributed by atoms with Gasteiger partial charge in [0.05, 0.1) is 13.9 Å². The number of benzene rings is 1. The van der Waals surface area contributed by atoms with Crippen molar-refractivity contribution in [3.05, 3.63) is 10.5 Å². The Labute approximate surface area is 127 Å². The van der Waals surface area contributed by atoms with Crippen LogP contribution in [0, 0.1) is 0 Å². The molecular formula is C12H13BrN4S2. The summed E-state index contributed by atoms with van der Waals surface area (Å²) in [6, 6.07) is 2.17. The number of rotatable bonds is 4. The first-order valence-corrected chi connectivity index (χ1v) is 8.52. The molecule has 0 saturated heterocycles. The van der Waals surface area contributed by atoms with Crippen LogP contribution in [0.2, 0.25) is 0 Å². The zero-order chi connectivity index (χ0) is 13.4. The predicted molar refractivity (Wildman–Crippen MR) is 88.8 cm³/mol. The van der Waals surface area contributed by atoms with E-state index in [-0.39, 0.29) is 0 Å². The quantitative estimate of drug-likeness (QED) is 0.720. The average Bonchev–Trinajstić information content (AvgIpc) is 2.94. The molecule has 0 aliphatic carbocycles. The minimum absolute atomic E-state index is 0.884.